The van der Waals surface area contributed by atoms with E-state index in [-0.39, 0.29) is 17.9 Å². The summed E-state index contributed by atoms with van der Waals surface area (Å²) in [7, 11) is 0. The molecular weight excluding hydrogens is 200 g/mol. The maximum Gasteiger partial charge on any atom is 0.223 e. The van der Waals surface area contributed by atoms with Gasteiger partial charge < -0.3 is 11.1 Å². The van der Waals surface area contributed by atoms with Gasteiger partial charge in [0.15, 0.2) is 0 Å². The van der Waals surface area contributed by atoms with Gasteiger partial charge in [0.2, 0.25) is 5.91 Å². The molecule has 1 aliphatic carbocycles. The van der Waals surface area contributed by atoms with Crippen LogP contribution in [-0.2, 0) is 4.79 Å². The van der Waals surface area contributed by atoms with Gasteiger partial charge in [0, 0.05) is 18.0 Å². The van der Waals surface area contributed by atoms with Gasteiger partial charge in [0.1, 0.15) is 0 Å². The lowest BCUT2D eigenvalue weighted by molar-refractivity contribution is -0.124. The van der Waals surface area contributed by atoms with E-state index in [0.29, 0.717) is 6.04 Å². The van der Waals surface area contributed by atoms with Crippen LogP contribution in [0.25, 0.3) is 0 Å². The summed E-state index contributed by atoms with van der Waals surface area (Å²) in [5, 5.41) is 3.12. The van der Waals surface area contributed by atoms with E-state index in [0.717, 1.165) is 25.2 Å². The fourth-order valence-electron chi connectivity index (χ4n) is 2.08. The maximum absolute atomic E-state index is 11.8. The van der Waals surface area contributed by atoms with Gasteiger partial charge in [0.25, 0.3) is 0 Å². The van der Waals surface area contributed by atoms with Crippen LogP contribution in [0.5, 0.6) is 0 Å². The van der Waals surface area contributed by atoms with Gasteiger partial charge >= 0.3 is 0 Å². The van der Waals surface area contributed by atoms with Gasteiger partial charge in [-0.1, -0.05) is 26.7 Å². The molecule has 4 unspecified atom stereocenters. The van der Waals surface area contributed by atoms with Crippen LogP contribution in [0, 0.1) is 11.8 Å². The Morgan fingerprint density at radius 1 is 1.44 bits per heavy atom. The van der Waals surface area contributed by atoms with E-state index in [1.807, 2.05) is 13.8 Å². The van der Waals surface area contributed by atoms with E-state index < -0.39 is 0 Å². The molecule has 0 aromatic carbocycles. The van der Waals surface area contributed by atoms with Crippen molar-refractivity contribution in [3.63, 3.8) is 0 Å². The van der Waals surface area contributed by atoms with Crippen molar-refractivity contribution >= 4 is 5.91 Å². The largest absolute Gasteiger partial charge is 0.353 e. The zero-order chi connectivity index (χ0) is 12.1. The zero-order valence-corrected chi connectivity index (χ0v) is 10.8. The second-order valence-electron chi connectivity index (χ2n) is 5.33. The van der Waals surface area contributed by atoms with Gasteiger partial charge in [-0.15, -0.1) is 0 Å². The highest BCUT2D eigenvalue weighted by atomic mass is 16.1. The van der Waals surface area contributed by atoms with E-state index in [9.17, 15) is 4.79 Å². The van der Waals surface area contributed by atoms with Crippen LogP contribution in [-0.4, -0.2) is 18.0 Å². The lowest BCUT2D eigenvalue weighted by atomic mass is 10.0. The first-order valence-electron chi connectivity index (χ1n) is 6.60. The summed E-state index contributed by atoms with van der Waals surface area (Å²) in [5.41, 5.74) is 5.68. The molecule has 0 aromatic rings. The Kier molecular flexibility index (Phi) is 5.26. The van der Waals surface area contributed by atoms with Crippen molar-refractivity contribution in [3.05, 3.63) is 0 Å². The van der Waals surface area contributed by atoms with Gasteiger partial charge in [-0.3, -0.25) is 4.79 Å². The van der Waals surface area contributed by atoms with E-state index in [4.69, 9.17) is 5.73 Å². The molecule has 0 bridgehead atoms. The number of nitrogens with two attached hydrogens (primary N) is 1. The Morgan fingerprint density at radius 3 is 2.62 bits per heavy atom. The van der Waals surface area contributed by atoms with Crippen LogP contribution in [0.3, 0.4) is 0 Å². The molecule has 1 rings (SSSR count). The van der Waals surface area contributed by atoms with Crippen LogP contribution in [0.15, 0.2) is 0 Å². The van der Waals surface area contributed by atoms with Crippen LogP contribution in [0.2, 0.25) is 0 Å². The third-order valence-corrected chi connectivity index (χ3v) is 3.52. The predicted octanol–water partition coefficient (Wildman–Crippen LogP) is 2.05. The van der Waals surface area contributed by atoms with Crippen molar-refractivity contribution in [1.82, 2.24) is 5.32 Å². The number of nitrogens with one attached hydrogen (secondary N) is 1. The van der Waals surface area contributed by atoms with Gasteiger partial charge in [-0.25, -0.2) is 0 Å². The Bertz CT molecular complexity index is 228. The van der Waals surface area contributed by atoms with Gasteiger partial charge in [0.05, 0.1) is 0 Å². The molecule has 0 aliphatic heterocycles. The van der Waals surface area contributed by atoms with Crippen molar-refractivity contribution in [3.8, 4) is 0 Å². The summed E-state index contributed by atoms with van der Waals surface area (Å²) >= 11 is 0. The summed E-state index contributed by atoms with van der Waals surface area (Å²) in [6.45, 7) is 6.21. The zero-order valence-electron chi connectivity index (χ0n) is 10.8. The number of hydrogen-bond acceptors (Lipinski definition) is 2. The smallest absolute Gasteiger partial charge is 0.223 e. The van der Waals surface area contributed by atoms with Crippen molar-refractivity contribution in [2.75, 3.05) is 0 Å². The van der Waals surface area contributed by atoms with Crippen LogP contribution >= 0.6 is 0 Å². The average Bonchev–Trinajstić information content (AvgIpc) is 2.95. The fraction of sp³-hybridized carbons (Fsp3) is 0.923. The molecule has 1 saturated carbocycles. The molecule has 0 saturated heterocycles. The molecule has 3 N–H and O–H groups in total. The molecule has 16 heavy (non-hydrogen) atoms. The first kappa shape index (κ1) is 13.5. The second kappa shape index (κ2) is 6.24. The van der Waals surface area contributed by atoms with Gasteiger partial charge in [-0.2, -0.15) is 0 Å². The first-order chi connectivity index (χ1) is 7.54. The Labute approximate surface area is 99.2 Å². The van der Waals surface area contributed by atoms with E-state index >= 15 is 0 Å². The van der Waals surface area contributed by atoms with E-state index in [1.54, 1.807) is 0 Å². The van der Waals surface area contributed by atoms with Crippen molar-refractivity contribution in [1.29, 1.82) is 0 Å². The highest BCUT2D eigenvalue weighted by Gasteiger charge is 2.36. The lowest BCUT2D eigenvalue weighted by Gasteiger charge is -2.12. The van der Waals surface area contributed by atoms with Crippen LogP contribution in [0.1, 0.15) is 52.9 Å². The average molecular weight is 226 g/mol. The number of carbonyl (C=O) groups excluding carboxylic acids is 1. The topological polar surface area (TPSA) is 55.1 Å². The molecule has 4 atom stereocenters. The van der Waals surface area contributed by atoms with Crippen LogP contribution in [0.4, 0.5) is 0 Å². The molecule has 94 valence electrons. The molecule has 1 aliphatic rings. The third kappa shape index (κ3) is 4.52. The number of carbonyl (C=O) groups is 1. The quantitative estimate of drug-likeness (QED) is 0.698. The number of hydrogen-bond donors (Lipinski definition) is 2. The molecule has 1 amide bonds. The first-order valence-corrected chi connectivity index (χ1v) is 6.60. The molecular formula is C13H26N2O. The van der Waals surface area contributed by atoms with Crippen molar-refractivity contribution in [2.45, 2.75) is 65.0 Å². The summed E-state index contributed by atoms with van der Waals surface area (Å²) in [5.74, 6) is 1.10. The molecule has 0 spiro atoms. The normalized spacial score (nSPS) is 27.2. The van der Waals surface area contributed by atoms with Crippen LogP contribution < -0.4 is 11.1 Å². The number of amides is 1. The summed E-state index contributed by atoms with van der Waals surface area (Å²) in [4.78, 5) is 11.8. The molecule has 1 fully saturated rings. The monoisotopic (exact) mass is 226 g/mol. The predicted molar refractivity (Wildman–Crippen MR) is 67.0 cm³/mol. The molecule has 0 aromatic heterocycles. The highest BCUT2D eigenvalue weighted by molar-refractivity contribution is 5.78. The van der Waals surface area contributed by atoms with E-state index in [2.05, 4.69) is 12.2 Å². The molecule has 3 nitrogen and oxygen atoms in total. The van der Waals surface area contributed by atoms with Gasteiger partial charge in [-0.05, 0) is 32.1 Å². The lowest BCUT2D eigenvalue weighted by Crippen LogP contribution is -2.32. The summed E-state index contributed by atoms with van der Waals surface area (Å²) < 4.78 is 0. The minimum absolute atomic E-state index is 0.136. The van der Waals surface area contributed by atoms with Crippen molar-refractivity contribution in [2.24, 2.45) is 17.6 Å². The minimum atomic E-state index is 0.136. The van der Waals surface area contributed by atoms with Crippen molar-refractivity contribution < 1.29 is 4.79 Å². The Balaban J connectivity index is 2.11. The Morgan fingerprint density at radius 2 is 2.12 bits per heavy atom. The maximum atomic E-state index is 11.8. The highest BCUT2D eigenvalue weighted by Crippen LogP contribution is 2.33. The second-order valence-corrected chi connectivity index (χ2v) is 5.33. The SMILES string of the molecule is CCC1CC1NC(=O)C(C)CCCC(C)N. The minimum Gasteiger partial charge on any atom is -0.353 e. The summed E-state index contributed by atoms with van der Waals surface area (Å²) in [6.07, 6.45) is 5.38. The Hall–Kier alpha value is -0.570. The number of rotatable bonds is 7. The standard InChI is InChI=1S/C13H26N2O/c1-4-11-8-12(11)15-13(16)9(2)6-5-7-10(3)14/h9-12H,4-8,14H2,1-3H3,(H,15,16). The van der Waals surface area contributed by atoms with E-state index in [1.165, 1.54) is 12.8 Å². The fourth-order valence-corrected chi connectivity index (χ4v) is 2.08. The third-order valence-electron chi connectivity index (χ3n) is 3.52. The molecule has 3 heteroatoms. The molecule has 0 heterocycles. The summed E-state index contributed by atoms with van der Waals surface area (Å²) in [6, 6.07) is 0.719. The molecule has 0 radical (unpaired) electrons.